The van der Waals surface area contributed by atoms with Gasteiger partial charge < -0.3 is 5.73 Å². The van der Waals surface area contributed by atoms with Gasteiger partial charge in [0.2, 0.25) is 0 Å². The van der Waals surface area contributed by atoms with Gasteiger partial charge in [-0.25, -0.2) is 0 Å². The standard InChI is InChI=1S/C12H11BrN2O/c1-7(13)11-9(12(14)16)6-8-4-2-3-5-10(8)15-11/h2-7H,1H3,(H2,14,16). The molecule has 3 nitrogen and oxygen atoms in total. The average molecular weight is 279 g/mol. The van der Waals surface area contributed by atoms with E-state index in [1.807, 2.05) is 31.2 Å². The molecular weight excluding hydrogens is 268 g/mol. The predicted octanol–water partition coefficient (Wildman–Crippen LogP) is 2.79. The molecular formula is C12H11BrN2O. The molecule has 1 atom stereocenters. The number of carbonyl (C=O) groups is 1. The lowest BCUT2D eigenvalue weighted by atomic mass is 10.1. The molecule has 16 heavy (non-hydrogen) atoms. The van der Waals surface area contributed by atoms with E-state index in [9.17, 15) is 4.79 Å². The fourth-order valence-electron chi connectivity index (χ4n) is 1.63. The molecule has 0 saturated heterocycles. The quantitative estimate of drug-likeness (QED) is 0.859. The molecule has 0 spiro atoms. The molecule has 0 aliphatic carbocycles. The first-order chi connectivity index (χ1) is 7.59. The summed E-state index contributed by atoms with van der Waals surface area (Å²) in [7, 11) is 0. The van der Waals surface area contributed by atoms with E-state index in [0.29, 0.717) is 11.3 Å². The lowest BCUT2D eigenvalue weighted by Crippen LogP contribution is -2.15. The maximum absolute atomic E-state index is 11.3. The smallest absolute Gasteiger partial charge is 0.250 e. The molecule has 1 heterocycles. The van der Waals surface area contributed by atoms with Gasteiger partial charge in [0, 0.05) is 5.39 Å². The minimum atomic E-state index is -0.445. The number of benzene rings is 1. The minimum absolute atomic E-state index is 0.000365. The van der Waals surface area contributed by atoms with Gasteiger partial charge in [-0.05, 0) is 19.1 Å². The highest BCUT2D eigenvalue weighted by Gasteiger charge is 2.14. The zero-order valence-electron chi connectivity index (χ0n) is 8.77. The first-order valence-electron chi connectivity index (χ1n) is 4.93. The van der Waals surface area contributed by atoms with Crippen LogP contribution in [0.2, 0.25) is 0 Å². The third-order valence-corrected chi connectivity index (χ3v) is 2.83. The van der Waals surface area contributed by atoms with Crippen molar-refractivity contribution in [2.24, 2.45) is 5.73 Å². The van der Waals surface area contributed by atoms with Crippen molar-refractivity contribution in [2.45, 2.75) is 11.8 Å². The van der Waals surface area contributed by atoms with E-state index >= 15 is 0 Å². The Kier molecular flexibility index (Phi) is 2.92. The summed E-state index contributed by atoms with van der Waals surface area (Å²) in [5, 5.41) is 0.924. The Balaban J connectivity index is 2.76. The molecule has 2 rings (SSSR count). The number of hydrogen-bond acceptors (Lipinski definition) is 2. The van der Waals surface area contributed by atoms with Crippen molar-refractivity contribution in [1.82, 2.24) is 4.98 Å². The van der Waals surface area contributed by atoms with Crippen LogP contribution in [0.3, 0.4) is 0 Å². The molecule has 0 saturated carbocycles. The zero-order chi connectivity index (χ0) is 11.7. The second kappa shape index (κ2) is 4.22. The molecule has 82 valence electrons. The minimum Gasteiger partial charge on any atom is -0.366 e. The summed E-state index contributed by atoms with van der Waals surface area (Å²) in [6.07, 6.45) is 0. The molecule has 0 bridgehead atoms. The van der Waals surface area contributed by atoms with E-state index in [2.05, 4.69) is 20.9 Å². The SMILES string of the molecule is CC(Br)c1nc2ccccc2cc1C(N)=O. The van der Waals surface area contributed by atoms with E-state index in [-0.39, 0.29) is 4.83 Å². The number of alkyl halides is 1. The number of aromatic nitrogens is 1. The van der Waals surface area contributed by atoms with Gasteiger partial charge in [0.1, 0.15) is 0 Å². The Morgan fingerprint density at radius 1 is 1.44 bits per heavy atom. The maximum Gasteiger partial charge on any atom is 0.250 e. The van der Waals surface area contributed by atoms with Crippen molar-refractivity contribution in [3.05, 3.63) is 41.6 Å². The Morgan fingerprint density at radius 2 is 2.12 bits per heavy atom. The number of carbonyl (C=O) groups excluding carboxylic acids is 1. The van der Waals surface area contributed by atoms with Crippen LogP contribution < -0.4 is 5.73 Å². The lowest BCUT2D eigenvalue weighted by Gasteiger charge is -2.09. The third-order valence-electron chi connectivity index (χ3n) is 2.40. The van der Waals surface area contributed by atoms with Gasteiger partial charge in [0.15, 0.2) is 0 Å². The van der Waals surface area contributed by atoms with Crippen molar-refractivity contribution in [3.8, 4) is 0 Å². The number of pyridine rings is 1. The topological polar surface area (TPSA) is 56.0 Å². The number of para-hydroxylation sites is 1. The fraction of sp³-hybridized carbons (Fsp3) is 0.167. The lowest BCUT2D eigenvalue weighted by molar-refractivity contribution is 0.0999. The van der Waals surface area contributed by atoms with E-state index in [1.54, 1.807) is 6.07 Å². The molecule has 1 aromatic heterocycles. The van der Waals surface area contributed by atoms with Crippen LogP contribution in [0, 0.1) is 0 Å². The van der Waals surface area contributed by atoms with Crippen molar-refractivity contribution in [3.63, 3.8) is 0 Å². The van der Waals surface area contributed by atoms with Crippen molar-refractivity contribution in [2.75, 3.05) is 0 Å². The van der Waals surface area contributed by atoms with Crippen LogP contribution in [0.5, 0.6) is 0 Å². The summed E-state index contributed by atoms with van der Waals surface area (Å²) in [5.41, 5.74) is 7.37. The number of halogens is 1. The molecule has 0 fully saturated rings. The maximum atomic E-state index is 11.3. The first kappa shape index (κ1) is 11.1. The van der Waals surface area contributed by atoms with Crippen molar-refractivity contribution < 1.29 is 4.79 Å². The molecule has 4 heteroatoms. The Morgan fingerprint density at radius 3 is 2.75 bits per heavy atom. The van der Waals surface area contributed by atoms with E-state index < -0.39 is 5.91 Å². The van der Waals surface area contributed by atoms with Gasteiger partial charge >= 0.3 is 0 Å². The van der Waals surface area contributed by atoms with Crippen molar-refractivity contribution in [1.29, 1.82) is 0 Å². The Labute approximate surface area is 102 Å². The molecule has 1 unspecified atom stereocenters. The first-order valence-corrected chi connectivity index (χ1v) is 5.84. The number of fused-ring (bicyclic) bond motifs is 1. The fourth-order valence-corrected chi connectivity index (χ4v) is 1.98. The Bertz CT molecular complexity index is 552. The number of hydrogen-bond donors (Lipinski definition) is 1. The van der Waals surface area contributed by atoms with Crippen LogP contribution in [-0.2, 0) is 0 Å². The van der Waals surface area contributed by atoms with Gasteiger partial charge in [-0.2, -0.15) is 0 Å². The molecule has 0 aliphatic heterocycles. The average Bonchev–Trinajstić information content (AvgIpc) is 2.27. The van der Waals surface area contributed by atoms with Crippen LogP contribution >= 0.6 is 15.9 Å². The molecule has 1 aromatic carbocycles. The summed E-state index contributed by atoms with van der Waals surface area (Å²) < 4.78 is 0. The number of rotatable bonds is 2. The third kappa shape index (κ3) is 1.93. The normalized spacial score (nSPS) is 12.6. The highest BCUT2D eigenvalue weighted by molar-refractivity contribution is 9.09. The highest BCUT2D eigenvalue weighted by atomic mass is 79.9. The predicted molar refractivity (Wildman–Crippen MR) is 67.6 cm³/mol. The van der Waals surface area contributed by atoms with Gasteiger partial charge in [-0.1, -0.05) is 34.1 Å². The van der Waals surface area contributed by atoms with Gasteiger partial charge in [-0.15, -0.1) is 0 Å². The number of nitrogens with two attached hydrogens (primary N) is 1. The number of primary amides is 1. The van der Waals surface area contributed by atoms with Crippen LogP contribution in [0.4, 0.5) is 0 Å². The van der Waals surface area contributed by atoms with E-state index in [1.165, 1.54) is 0 Å². The summed E-state index contributed by atoms with van der Waals surface area (Å²) in [4.78, 5) is 15.8. The van der Waals surface area contributed by atoms with Crippen LogP contribution in [0.15, 0.2) is 30.3 Å². The molecule has 2 N–H and O–H groups in total. The molecule has 2 aromatic rings. The zero-order valence-corrected chi connectivity index (χ0v) is 10.4. The van der Waals surface area contributed by atoms with E-state index in [0.717, 1.165) is 10.9 Å². The molecule has 0 aliphatic rings. The number of amides is 1. The summed E-state index contributed by atoms with van der Waals surface area (Å²) in [6.45, 7) is 1.92. The summed E-state index contributed by atoms with van der Waals surface area (Å²) in [5.74, 6) is -0.445. The molecule has 1 amide bonds. The summed E-state index contributed by atoms with van der Waals surface area (Å²) in [6, 6.07) is 9.45. The second-order valence-electron chi connectivity index (χ2n) is 3.59. The van der Waals surface area contributed by atoms with E-state index in [4.69, 9.17) is 5.73 Å². The summed E-state index contributed by atoms with van der Waals surface area (Å²) >= 11 is 3.42. The Hall–Kier alpha value is -1.42. The van der Waals surface area contributed by atoms with Gasteiger partial charge in [0.25, 0.3) is 5.91 Å². The number of nitrogens with zero attached hydrogens (tertiary/aromatic N) is 1. The van der Waals surface area contributed by atoms with Gasteiger partial charge in [-0.3, -0.25) is 9.78 Å². The van der Waals surface area contributed by atoms with Gasteiger partial charge in [0.05, 0.1) is 21.6 Å². The monoisotopic (exact) mass is 278 g/mol. The van der Waals surface area contributed by atoms with Crippen LogP contribution in [0.25, 0.3) is 10.9 Å². The van der Waals surface area contributed by atoms with Crippen LogP contribution in [-0.4, -0.2) is 10.9 Å². The molecule has 0 radical (unpaired) electrons. The van der Waals surface area contributed by atoms with Crippen molar-refractivity contribution >= 4 is 32.7 Å². The van der Waals surface area contributed by atoms with Crippen LogP contribution in [0.1, 0.15) is 27.8 Å². The largest absolute Gasteiger partial charge is 0.366 e. The second-order valence-corrected chi connectivity index (χ2v) is 4.97. The highest BCUT2D eigenvalue weighted by Crippen LogP contribution is 2.26.